The van der Waals surface area contributed by atoms with E-state index in [-0.39, 0.29) is 17.1 Å². The van der Waals surface area contributed by atoms with E-state index in [0.29, 0.717) is 25.7 Å². The predicted octanol–water partition coefficient (Wildman–Crippen LogP) is 1.64. The molecule has 1 fully saturated rings. The first-order valence-electron chi connectivity index (χ1n) is 4.03. The smallest absolute Gasteiger partial charge is 0.306 e. The fourth-order valence-corrected chi connectivity index (χ4v) is 1.79. The van der Waals surface area contributed by atoms with Gasteiger partial charge in [0.1, 0.15) is 0 Å². The number of carbonyl (C=O) groups excluding carboxylic acids is 1. The summed E-state index contributed by atoms with van der Waals surface area (Å²) in [5.41, 5.74) is 0. The first kappa shape index (κ1) is 9.52. The Kier molecular flexibility index (Phi) is 3.09. The van der Waals surface area contributed by atoms with E-state index in [1.54, 1.807) is 0 Å². The highest BCUT2D eigenvalue weighted by Gasteiger charge is 2.28. The number of carboxylic acid groups (broad SMARTS) is 1. The fourth-order valence-electron chi connectivity index (χ4n) is 1.57. The molecule has 0 aromatic heterocycles. The van der Waals surface area contributed by atoms with Gasteiger partial charge in [-0.3, -0.25) is 9.59 Å². The van der Waals surface area contributed by atoms with Crippen molar-refractivity contribution in [2.45, 2.75) is 25.7 Å². The maximum atomic E-state index is 10.7. The first-order valence-corrected chi connectivity index (χ1v) is 4.41. The molecule has 0 saturated heterocycles. The van der Waals surface area contributed by atoms with Crippen LogP contribution in [0.3, 0.4) is 0 Å². The summed E-state index contributed by atoms with van der Waals surface area (Å²) in [5, 5.41) is 8.32. The van der Waals surface area contributed by atoms with Crippen molar-refractivity contribution >= 4 is 22.8 Å². The van der Waals surface area contributed by atoms with Crippen LogP contribution >= 0.6 is 11.6 Å². The number of halogens is 1. The molecule has 0 aliphatic heterocycles. The molecule has 0 aromatic carbocycles. The lowest BCUT2D eigenvalue weighted by atomic mass is 9.83. The first-order chi connectivity index (χ1) is 5.61. The van der Waals surface area contributed by atoms with Gasteiger partial charge >= 0.3 is 5.97 Å². The molecule has 0 spiro atoms. The number of hydrogen-bond donors (Lipinski definition) is 1. The van der Waals surface area contributed by atoms with Crippen molar-refractivity contribution in [1.29, 1.82) is 0 Å². The third-order valence-electron chi connectivity index (χ3n) is 2.40. The third-order valence-corrected chi connectivity index (χ3v) is 2.71. The molecular weight excluding hydrogens is 180 g/mol. The van der Waals surface area contributed by atoms with Crippen LogP contribution in [0.5, 0.6) is 0 Å². The van der Waals surface area contributed by atoms with Gasteiger partial charge in [-0.2, -0.15) is 0 Å². The SMILES string of the molecule is O=C(O)[C@H]1CC[C@H](C(=O)Cl)CC1. The summed E-state index contributed by atoms with van der Waals surface area (Å²) in [5.74, 6) is -1.13. The number of hydrogen-bond acceptors (Lipinski definition) is 2. The van der Waals surface area contributed by atoms with Crippen molar-refractivity contribution in [2.24, 2.45) is 11.8 Å². The molecule has 3 nitrogen and oxygen atoms in total. The average Bonchev–Trinajstić information content (AvgIpc) is 2.04. The van der Waals surface area contributed by atoms with Gasteiger partial charge in [0.25, 0.3) is 0 Å². The third kappa shape index (κ3) is 2.21. The van der Waals surface area contributed by atoms with E-state index in [9.17, 15) is 9.59 Å². The molecule has 0 aromatic rings. The Labute approximate surface area is 75.7 Å². The van der Waals surface area contributed by atoms with Gasteiger partial charge in [0, 0.05) is 5.92 Å². The summed E-state index contributed by atoms with van der Waals surface area (Å²) in [6.45, 7) is 0. The average molecular weight is 191 g/mol. The lowest BCUT2D eigenvalue weighted by Gasteiger charge is -2.22. The fraction of sp³-hybridized carbons (Fsp3) is 0.750. The molecule has 0 atom stereocenters. The Morgan fingerprint density at radius 1 is 1.08 bits per heavy atom. The van der Waals surface area contributed by atoms with E-state index < -0.39 is 5.97 Å². The molecule has 0 bridgehead atoms. The lowest BCUT2D eigenvalue weighted by Crippen LogP contribution is -2.23. The minimum atomic E-state index is -0.754. The summed E-state index contributed by atoms with van der Waals surface area (Å²) in [6, 6.07) is 0. The summed E-state index contributed by atoms with van der Waals surface area (Å²) < 4.78 is 0. The van der Waals surface area contributed by atoms with E-state index in [1.165, 1.54) is 0 Å². The van der Waals surface area contributed by atoms with Gasteiger partial charge in [-0.25, -0.2) is 0 Å². The van der Waals surface area contributed by atoms with Crippen LogP contribution in [0.25, 0.3) is 0 Å². The van der Waals surface area contributed by atoms with Gasteiger partial charge in [-0.05, 0) is 37.3 Å². The van der Waals surface area contributed by atoms with E-state index in [1.807, 2.05) is 0 Å². The molecule has 0 heterocycles. The summed E-state index contributed by atoms with van der Waals surface area (Å²) in [4.78, 5) is 21.2. The van der Waals surface area contributed by atoms with Crippen LogP contribution in [0, 0.1) is 11.8 Å². The number of carbonyl (C=O) groups is 2. The standard InChI is InChI=1S/C8H11ClO3/c9-7(10)5-1-3-6(4-2-5)8(11)12/h5-6H,1-4H2,(H,11,12)/t5-,6-. The highest BCUT2D eigenvalue weighted by Crippen LogP contribution is 2.30. The van der Waals surface area contributed by atoms with Gasteiger partial charge in [0.05, 0.1) is 5.92 Å². The maximum absolute atomic E-state index is 10.7. The van der Waals surface area contributed by atoms with E-state index in [2.05, 4.69) is 0 Å². The van der Waals surface area contributed by atoms with Crippen molar-refractivity contribution in [3.05, 3.63) is 0 Å². The van der Waals surface area contributed by atoms with Crippen molar-refractivity contribution in [3.8, 4) is 0 Å². The van der Waals surface area contributed by atoms with Crippen LogP contribution in [-0.4, -0.2) is 16.3 Å². The number of aliphatic carboxylic acids is 1. The summed E-state index contributed by atoms with van der Waals surface area (Å²) >= 11 is 5.30. The molecule has 1 aliphatic carbocycles. The molecule has 0 radical (unpaired) electrons. The molecular formula is C8H11ClO3. The molecule has 68 valence electrons. The minimum Gasteiger partial charge on any atom is -0.481 e. The van der Waals surface area contributed by atoms with Crippen LogP contribution in [0.4, 0.5) is 0 Å². The Morgan fingerprint density at radius 3 is 1.83 bits per heavy atom. The Balaban J connectivity index is 2.39. The molecule has 1 rings (SSSR count). The van der Waals surface area contributed by atoms with Crippen LogP contribution < -0.4 is 0 Å². The second kappa shape index (κ2) is 3.90. The van der Waals surface area contributed by atoms with Gasteiger partial charge in [-0.15, -0.1) is 0 Å². The Hall–Kier alpha value is -0.570. The maximum Gasteiger partial charge on any atom is 0.306 e. The van der Waals surface area contributed by atoms with Gasteiger partial charge in [-0.1, -0.05) is 0 Å². The quantitative estimate of drug-likeness (QED) is 0.674. The molecule has 1 N–H and O–H groups in total. The van der Waals surface area contributed by atoms with Crippen molar-refractivity contribution < 1.29 is 14.7 Å². The topological polar surface area (TPSA) is 54.4 Å². The van der Waals surface area contributed by atoms with Gasteiger partial charge in [0.15, 0.2) is 0 Å². The zero-order chi connectivity index (χ0) is 9.14. The van der Waals surface area contributed by atoms with Gasteiger partial charge in [0.2, 0.25) is 5.24 Å². The second-order valence-corrected chi connectivity index (χ2v) is 3.56. The molecule has 1 saturated carbocycles. The molecule has 4 heteroatoms. The highest BCUT2D eigenvalue weighted by molar-refractivity contribution is 6.63. The summed E-state index contributed by atoms with van der Waals surface area (Å²) in [7, 11) is 0. The second-order valence-electron chi connectivity index (χ2n) is 3.19. The van der Waals surface area contributed by atoms with Crippen molar-refractivity contribution in [1.82, 2.24) is 0 Å². The molecule has 1 aliphatic rings. The monoisotopic (exact) mass is 190 g/mol. The highest BCUT2D eigenvalue weighted by atomic mass is 35.5. The van der Waals surface area contributed by atoms with E-state index in [4.69, 9.17) is 16.7 Å². The van der Waals surface area contributed by atoms with Crippen LogP contribution in [0.15, 0.2) is 0 Å². The van der Waals surface area contributed by atoms with Crippen molar-refractivity contribution in [2.75, 3.05) is 0 Å². The lowest BCUT2D eigenvalue weighted by molar-refractivity contribution is -0.143. The zero-order valence-corrected chi connectivity index (χ0v) is 7.38. The van der Waals surface area contributed by atoms with Crippen LogP contribution in [-0.2, 0) is 9.59 Å². The predicted molar refractivity (Wildman–Crippen MR) is 43.9 cm³/mol. The Bertz CT molecular complexity index is 172. The molecule has 12 heavy (non-hydrogen) atoms. The number of rotatable bonds is 2. The van der Waals surface area contributed by atoms with Crippen LogP contribution in [0.1, 0.15) is 25.7 Å². The molecule has 0 unspecified atom stereocenters. The van der Waals surface area contributed by atoms with Crippen LogP contribution in [0.2, 0.25) is 0 Å². The Morgan fingerprint density at radius 2 is 1.50 bits per heavy atom. The van der Waals surface area contributed by atoms with Crippen molar-refractivity contribution in [3.63, 3.8) is 0 Å². The molecule has 0 amide bonds. The zero-order valence-electron chi connectivity index (χ0n) is 6.62. The largest absolute Gasteiger partial charge is 0.481 e. The number of carboxylic acids is 1. The minimum absolute atomic E-state index is 0.109. The summed E-state index contributed by atoms with van der Waals surface area (Å²) in [6.07, 6.45) is 2.41. The van der Waals surface area contributed by atoms with Gasteiger partial charge < -0.3 is 5.11 Å². The normalized spacial score (nSPS) is 29.8. The van der Waals surface area contributed by atoms with E-state index in [0.717, 1.165) is 0 Å². The van der Waals surface area contributed by atoms with E-state index >= 15 is 0 Å².